The number of carbonyl (C=O) groups excluding carboxylic acids is 2. The van der Waals surface area contributed by atoms with Gasteiger partial charge in [0.25, 0.3) is 18.2 Å². The molecule has 222 valence electrons. The third-order valence-corrected chi connectivity index (χ3v) is 8.12. The maximum absolute atomic E-state index is 14.3. The number of carbonyl (C=O) groups is 2. The highest BCUT2D eigenvalue weighted by atomic mass is 32.1. The average Bonchev–Trinajstić information content (AvgIpc) is 3.31. The molecule has 3 heterocycles. The van der Waals surface area contributed by atoms with Crippen molar-refractivity contribution in [2.75, 3.05) is 11.9 Å². The molecule has 2 unspecified atom stereocenters. The fraction of sp³-hybridized carbons (Fsp3) is 0.615. The van der Waals surface area contributed by atoms with Crippen LogP contribution in [0.1, 0.15) is 92.6 Å². The number of nitrogens with zero attached hydrogens (tertiary/aromatic N) is 3. The fourth-order valence-corrected chi connectivity index (χ4v) is 5.22. The second-order valence-corrected chi connectivity index (χ2v) is 11.5. The quantitative estimate of drug-likeness (QED) is 0.318. The van der Waals surface area contributed by atoms with Crippen LogP contribution in [0.25, 0.3) is 10.4 Å². The molecule has 0 saturated carbocycles. The zero-order valence-electron chi connectivity index (χ0n) is 22.9. The van der Waals surface area contributed by atoms with E-state index in [1.165, 1.54) is 20.8 Å². The third-order valence-electron chi connectivity index (χ3n) is 7.04. The average molecular weight is 592 g/mol. The summed E-state index contributed by atoms with van der Waals surface area (Å²) in [5.74, 6) is -1.66. The molecule has 1 saturated heterocycles. The van der Waals surface area contributed by atoms with Crippen LogP contribution >= 0.6 is 11.3 Å². The first-order valence-electron chi connectivity index (χ1n) is 13.0. The summed E-state index contributed by atoms with van der Waals surface area (Å²) < 4.78 is 68.3. The normalized spacial score (nSPS) is 18.0. The van der Waals surface area contributed by atoms with Gasteiger partial charge in [0.05, 0.1) is 16.5 Å². The molecule has 0 bridgehead atoms. The highest BCUT2D eigenvalue weighted by Crippen LogP contribution is 2.39. The van der Waals surface area contributed by atoms with Gasteiger partial charge >= 0.3 is 6.18 Å². The fourth-order valence-electron chi connectivity index (χ4n) is 4.23. The number of nitrogens with one attached hydrogen (secondary N) is 2. The Hall–Kier alpha value is -2.87. The molecule has 1 fully saturated rings. The Morgan fingerprint density at radius 2 is 1.93 bits per heavy atom. The number of rotatable bonds is 9. The van der Waals surface area contributed by atoms with Crippen molar-refractivity contribution in [2.24, 2.45) is 0 Å². The van der Waals surface area contributed by atoms with Gasteiger partial charge in [-0.05, 0) is 59.4 Å². The second kappa shape index (κ2) is 12.3. The summed E-state index contributed by atoms with van der Waals surface area (Å²) in [6, 6.07) is -2.03. The van der Waals surface area contributed by atoms with E-state index in [0.29, 0.717) is 17.9 Å². The Kier molecular flexibility index (Phi) is 9.76. The molecule has 2 aromatic heterocycles. The molecule has 2 amide bonds. The van der Waals surface area contributed by atoms with Crippen LogP contribution in [0.3, 0.4) is 0 Å². The highest BCUT2D eigenvalue weighted by molar-refractivity contribution is 7.17. The summed E-state index contributed by atoms with van der Waals surface area (Å²) >= 11 is 0.701. The van der Waals surface area contributed by atoms with Gasteiger partial charge in [-0.1, -0.05) is 6.92 Å². The van der Waals surface area contributed by atoms with Gasteiger partial charge in [0.1, 0.15) is 17.6 Å². The standard InChI is InChI=1S/C26H34F5N5O3S/c1-6-17(26(29,30)31)34-18-11-15(21(27)28)16(12-32-18)20-19(24(38)36-10-8-7-9-13(36)2)35-23(40-20)22(37)33-14(3)25(4,5)39/h11-14,17,21,39H,6-10H2,1-5H3,(H,32,34)(H,33,37)/t13-,14?,17?/m0/s1. The van der Waals surface area contributed by atoms with Crippen LogP contribution in [0.15, 0.2) is 12.3 Å². The molecule has 3 N–H and O–H groups in total. The summed E-state index contributed by atoms with van der Waals surface area (Å²) in [5, 5.41) is 14.8. The van der Waals surface area contributed by atoms with Gasteiger partial charge in [-0.15, -0.1) is 11.3 Å². The monoisotopic (exact) mass is 591 g/mol. The minimum atomic E-state index is -4.62. The Balaban J connectivity index is 2.10. The smallest absolute Gasteiger partial charge is 0.388 e. The topological polar surface area (TPSA) is 107 Å². The molecule has 1 aliphatic rings. The molecule has 2 aromatic rings. The van der Waals surface area contributed by atoms with Crippen molar-refractivity contribution >= 4 is 29.0 Å². The Bertz CT molecular complexity index is 1210. The number of hydrogen-bond acceptors (Lipinski definition) is 7. The van der Waals surface area contributed by atoms with Crippen molar-refractivity contribution in [1.82, 2.24) is 20.2 Å². The van der Waals surface area contributed by atoms with Crippen molar-refractivity contribution in [3.63, 3.8) is 0 Å². The Labute approximate surface area is 233 Å². The maximum Gasteiger partial charge on any atom is 0.408 e. The number of aliphatic hydroxyl groups is 1. The lowest BCUT2D eigenvalue weighted by Gasteiger charge is -2.33. The number of amides is 2. The van der Waals surface area contributed by atoms with E-state index in [9.17, 15) is 36.6 Å². The zero-order chi connectivity index (χ0) is 30.0. The third kappa shape index (κ3) is 7.25. The minimum absolute atomic E-state index is 0.0407. The maximum atomic E-state index is 14.3. The number of likely N-dealkylation sites (tertiary alicyclic amines) is 1. The molecule has 0 aliphatic carbocycles. The van der Waals surface area contributed by atoms with Crippen molar-refractivity contribution in [2.45, 2.75) is 96.6 Å². The largest absolute Gasteiger partial charge is 0.408 e. The van der Waals surface area contributed by atoms with Crippen molar-refractivity contribution in [1.29, 1.82) is 0 Å². The Morgan fingerprint density at radius 1 is 1.25 bits per heavy atom. The summed E-state index contributed by atoms with van der Waals surface area (Å²) in [5.41, 5.74) is -2.36. The van der Waals surface area contributed by atoms with Gasteiger partial charge in [0, 0.05) is 29.9 Å². The number of anilines is 1. The first-order valence-corrected chi connectivity index (χ1v) is 13.8. The van der Waals surface area contributed by atoms with Gasteiger partial charge in [-0.2, -0.15) is 13.2 Å². The second-order valence-electron chi connectivity index (χ2n) is 10.5. The van der Waals surface area contributed by atoms with Crippen LogP contribution < -0.4 is 10.6 Å². The predicted octanol–water partition coefficient (Wildman–Crippen LogP) is 5.80. The van der Waals surface area contributed by atoms with Crippen LogP contribution in [-0.4, -0.2) is 68.2 Å². The lowest BCUT2D eigenvalue weighted by Crippen LogP contribution is -2.47. The van der Waals surface area contributed by atoms with Gasteiger partial charge in [-0.3, -0.25) is 9.59 Å². The van der Waals surface area contributed by atoms with Crippen molar-refractivity contribution in [3.05, 3.63) is 28.5 Å². The van der Waals surface area contributed by atoms with Gasteiger partial charge < -0.3 is 20.6 Å². The predicted molar refractivity (Wildman–Crippen MR) is 142 cm³/mol. The minimum Gasteiger partial charge on any atom is -0.388 e. The lowest BCUT2D eigenvalue weighted by molar-refractivity contribution is -0.142. The summed E-state index contributed by atoms with van der Waals surface area (Å²) in [6.45, 7) is 8.15. The molecule has 0 radical (unpaired) electrons. The number of piperidine rings is 1. The molecular weight excluding hydrogens is 557 g/mol. The zero-order valence-corrected chi connectivity index (χ0v) is 23.7. The van der Waals surface area contributed by atoms with Crippen LogP contribution in [0.5, 0.6) is 0 Å². The highest BCUT2D eigenvalue weighted by Gasteiger charge is 2.39. The van der Waals surface area contributed by atoms with E-state index in [4.69, 9.17) is 0 Å². The number of hydrogen-bond donors (Lipinski definition) is 3. The first kappa shape index (κ1) is 31.7. The molecule has 1 aliphatic heterocycles. The summed E-state index contributed by atoms with van der Waals surface area (Å²) in [4.78, 5) is 36.3. The van der Waals surface area contributed by atoms with E-state index in [0.717, 1.165) is 31.5 Å². The lowest BCUT2D eigenvalue weighted by atomic mass is 10.0. The van der Waals surface area contributed by atoms with Gasteiger partial charge in [0.15, 0.2) is 5.01 Å². The van der Waals surface area contributed by atoms with Crippen LogP contribution in [0.2, 0.25) is 0 Å². The first-order chi connectivity index (χ1) is 18.5. The molecule has 3 atom stereocenters. The number of aromatic nitrogens is 2. The van der Waals surface area contributed by atoms with E-state index in [-0.39, 0.29) is 33.6 Å². The SMILES string of the molecule is CCC(Nc1cc(C(F)F)c(-c2sc(C(=O)NC(C)C(C)(C)O)nc2C(=O)N2CCCC[C@@H]2C)cn1)C(F)(F)F. The summed E-state index contributed by atoms with van der Waals surface area (Å²) in [7, 11) is 0. The van der Waals surface area contributed by atoms with E-state index in [1.54, 1.807) is 11.8 Å². The molecular formula is C26H34F5N5O3S. The van der Waals surface area contributed by atoms with E-state index < -0.39 is 53.5 Å². The molecule has 3 rings (SSSR count). The van der Waals surface area contributed by atoms with E-state index >= 15 is 0 Å². The molecule has 40 heavy (non-hydrogen) atoms. The van der Waals surface area contributed by atoms with Gasteiger partial charge in [-0.25, -0.2) is 18.7 Å². The van der Waals surface area contributed by atoms with Gasteiger partial charge in [0.2, 0.25) is 0 Å². The molecule has 8 nitrogen and oxygen atoms in total. The molecule has 14 heteroatoms. The van der Waals surface area contributed by atoms with E-state index in [1.807, 2.05) is 6.92 Å². The van der Waals surface area contributed by atoms with E-state index in [2.05, 4.69) is 20.6 Å². The number of thiazole rings is 1. The molecule has 0 spiro atoms. The number of halogens is 5. The van der Waals surface area contributed by atoms with Crippen LogP contribution in [-0.2, 0) is 0 Å². The van der Waals surface area contributed by atoms with Crippen LogP contribution in [0, 0.1) is 0 Å². The van der Waals surface area contributed by atoms with Crippen molar-refractivity contribution in [3.8, 4) is 10.4 Å². The number of pyridine rings is 1. The molecule has 0 aromatic carbocycles. The Morgan fingerprint density at radius 3 is 2.48 bits per heavy atom. The summed E-state index contributed by atoms with van der Waals surface area (Å²) in [6.07, 6.45) is -4.72. The van der Waals surface area contributed by atoms with Crippen molar-refractivity contribution < 1.29 is 36.6 Å². The van der Waals surface area contributed by atoms with Crippen LogP contribution in [0.4, 0.5) is 27.8 Å². The number of alkyl halides is 5.